The highest BCUT2D eigenvalue weighted by atomic mass is 16.5. The van der Waals surface area contributed by atoms with Gasteiger partial charge in [0.05, 0.1) is 12.6 Å². The molecule has 0 aliphatic carbocycles. The summed E-state index contributed by atoms with van der Waals surface area (Å²) in [4.78, 5) is 12.5. The molecule has 3 heteroatoms. The fraction of sp³-hybridized carbons (Fsp3) is 0.350. The van der Waals surface area contributed by atoms with Crippen LogP contribution in [0.3, 0.4) is 0 Å². The summed E-state index contributed by atoms with van der Waals surface area (Å²) in [6.45, 7) is 4.89. The molecule has 0 bridgehead atoms. The van der Waals surface area contributed by atoms with Gasteiger partial charge in [0, 0.05) is 12.7 Å². The topological polar surface area (TPSA) is 38.3 Å². The molecule has 23 heavy (non-hydrogen) atoms. The maximum Gasteiger partial charge on any atom is 0.251 e. The number of benzene rings is 2. The van der Waals surface area contributed by atoms with Crippen molar-refractivity contribution in [1.29, 1.82) is 0 Å². The van der Waals surface area contributed by atoms with Gasteiger partial charge < -0.3 is 10.1 Å². The summed E-state index contributed by atoms with van der Waals surface area (Å²) in [6, 6.07) is 17.7. The summed E-state index contributed by atoms with van der Waals surface area (Å²) in [5, 5.41) is 3.16. The van der Waals surface area contributed by atoms with Crippen LogP contribution in [0.2, 0.25) is 0 Å². The highest BCUT2D eigenvalue weighted by molar-refractivity contribution is 5.94. The molecule has 2 aromatic rings. The SMILES string of the molecule is COCc1ccc(C(=O)NC(CC(C)C)c2ccccc2)cc1. The van der Waals surface area contributed by atoms with Gasteiger partial charge in [0.1, 0.15) is 0 Å². The number of carbonyl (C=O) groups is 1. The molecule has 0 spiro atoms. The van der Waals surface area contributed by atoms with Crippen LogP contribution in [0.4, 0.5) is 0 Å². The van der Waals surface area contributed by atoms with E-state index in [4.69, 9.17) is 4.74 Å². The second-order valence-corrected chi connectivity index (χ2v) is 6.20. The molecule has 0 radical (unpaired) electrons. The lowest BCUT2D eigenvalue weighted by Gasteiger charge is -2.21. The van der Waals surface area contributed by atoms with Crippen LogP contribution in [0.1, 0.15) is 47.8 Å². The first-order chi connectivity index (χ1) is 11.1. The molecule has 0 fully saturated rings. The summed E-state index contributed by atoms with van der Waals surface area (Å²) in [5.74, 6) is 0.466. The van der Waals surface area contributed by atoms with Crippen molar-refractivity contribution in [1.82, 2.24) is 5.32 Å². The van der Waals surface area contributed by atoms with E-state index in [1.54, 1.807) is 7.11 Å². The van der Waals surface area contributed by atoms with Gasteiger partial charge in [-0.2, -0.15) is 0 Å². The van der Waals surface area contributed by atoms with Gasteiger partial charge in [-0.25, -0.2) is 0 Å². The van der Waals surface area contributed by atoms with Gasteiger partial charge in [-0.05, 0) is 35.6 Å². The van der Waals surface area contributed by atoms with Gasteiger partial charge in [-0.1, -0.05) is 56.3 Å². The van der Waals surface area contributed by atoms with Crippen molar-refractivity contribution in [3.05, 3.63) is 71.3 Å². The number of rotatable bonds is 7. The molecule has 2 rings (SSSR count). The van der Waals surface area contributed by atoms with Gasteiger partial charge in [-0.15, -0.1) is 0 Å². The predicted molar refractivity (Wildman–Crippen MR) is 93.3 cm³/mol. The van der Waals surface area contributed by atoms with E-state index in [0.29, 0.717) is 18.1 Å². The first kappa shape index (κ1) is 17.2. The fourth-order valence-electron chi connectivity index (χ4n) is 2.60. The smallest absolute Gasteiger partial charge is 0.251 e. The molecule has 2 aromatic carbocycles. The van der Waals surface area contributed by atoms with Crippen LogP contribution in [0.15, 0.2) is 54.6 Å². The molecule has 1 N–H and O–H groups in total. The number of ether oxygens (including phenoxy) is 1. The van der Waals surface area contributed by atoms with E-state index >= 15 is 0 Å². The molecular weight excluding hydrogens is 286 g/mol. The van der Waals surface area contributed by atoms with E-state index in [2.05, 4.69) is 31.3 Å². The van der Waals surface area contributed by atoms with Crippen molar-refractivity contribution in [3.63, 3.8) is 0 Å². The second kappa shape index (κ2) is 8.49. The normalized spacial score (nSPS) is 12.2. The van der Waals surface area contributed by atoms with Crippen molar-refractivity contribution < 1.29 is 9.53 Å². The van der Waals surface area contributed by atoms with E-state index in [9.17, 15) is 4.79 Å². The van der Waals surface area contributed by atoms with Crippen molar-refractivity contribution in [2.75, 3.05) is 7.11 Å². The van der Waals surface area contributed by atoms with E-state index in [1.165, 1.54) is 0 Å². The van der Waals surface area contributed by atoms with Crippen molar-refractivity contribution >= 4 is 5.91 Å². The molecule has 122 valence electrons. The number of nitrogens with one attached hydrogen (secondary N) is 1. The van der Waals surface area contributed by atoms with Gasteiger partial charge in [0.25, 0.3) is 5.91 Å². The maximum atomic E-state index is 12.5. The molecule has 1 unspecified atom stereocenters. The monoisotopic (exact) mass is 311 g/mol. The highest BCUT2D eigenvalue weighted by Crippen LogP contribution is 2.21. The Bertz CT molecular complexity index is 605. The minimum atomic E-state index is -0.0385. The first-order valence-corrected chi connectivity index (χ1v) is 8.04. The van der Waals surface area contributed by atoms with Crippen molar-refractivity contribution in [3.8, 4) is 0 Å². The van der Waals surface area contributed by atoms with Gasteiger partial charge in [0.2, 0.25) is 0 Å². The van der Waals surface area contributed by atoms with Crippen LogP contribution in [-0.4, -0.2) is 13.0 Å². The minimum absolute atomic E-state index is 0.0300. The predicted octanol–water partition coefficient (Wildman–Crippen LogP) is 4.35. The Morgan fingerprint density at radius 2 is 1.70 bits per heavy atom. The lowest BCUT2D eigenvalue weighted by Crippen LogP contribution is -2.29. The van der Waals surface area contributed by atoms with Crippen LogP contribution in [0.25, 0.3) is 0 Å². The highest BCUT2D eigenvalue weighted by Gasteiger charge is 2.17. The zero-order valence-corrected chi connectivity index (χ0v) is 14.1. The van der Waals surface area contributed by atoms with Crippen LogP contribution < -0.4 is 5.32 Å². The van der Waals surface area contributed by atoms with E-state index in [1.807, 2.05) is 42.5 Å². The number of hydrogen-bond acceptors (Lipinski definition) is 2. The van der Waals surface area contributed by atoms with E-state index in [-0.39, 0.29) is 11.9 Å². The van der Waals surface area contributed by atoms with E-state index in [0.717, 1.165) is 17.5 Å². The average Bonchev–Trinajstić information content (AvgIpc) is 2.55. The summed E-state index contributed by atoms with van der Waals surface area (Å²) in [6.07, 6.45) is 0.914. The van der Waals surface area contributed by atoms with Gasteiger partial charge in [-0.3, -0.25) is 4.79 Å². The van der Waals surface area contributed by atoms with E-state index < -0.39 is 0 Å². The minimum Gasteiger partial charge on any atom is -0.380 e. The number of amides is 1. The lowest BCUT2D eigenvalue weighted by atomic mass is 9.96. The lowest BCUT2D eigenvalue weighted by molar-refractivity contribution is 0.0932. The maximum absolute atomic E-state index is 12.5. The average molecular weight is 311 g/mol. The molecule has 1 atom stereocenters. The Morgan fingerprint density at radius 3 is 2.26 bits per heavy atom. The van der Waals surface area contributed by atoms with Gasteiger partial charge in [0.15, 0.2) is 0 Å². The summed E-state index contributed by atoms with van der Waals surface area (Å²) in [5.41, 5.74) is 2.88. The number of carbonyl (C=O) groups excluding carboxylic acids is 1. The summed E-state index contributed by atoms with van der Waals surface area (Å²) in [7, 11) is 1.66. The van der Waals surface area contributed by atoms with Gasteiger partial charge >= 0.3 is 0 Å². The molecule has 0 aromatic heterocycles. The molecule has 0 saturated heterocycles. The standard InChI is InChI=1S/C20H25NO2/c1-15(2)13-19(17-7-5-4-6-8-17)21-20(22)18-11-9-16(10-12-18)14-23-3/h4-12,15,19H,13-14H2,1-3H3,(H,21,22). The van der Waals surface area contributed by atoms with Crippen LogP contribution in [0, 0.1) is 5.92 Å². The quantitative estimate of drug-likeness (QED) is 0.825. The zero-order chi connectivity index (χ0) is 16.7. The Hall–Kier alpha value is -2.13. The molecule has 0 aliphatic rings. The van der Waals surface area contributed by atoms with Crippen LogP contribution in [0.5, 0.6) is 0 Å². The van der Waals surface area contributed by atoms with Crippen LogP contribution >= 0.6 is 0 Å². The Labute approximate surface area is 138 Å². The second-order valence-electron chi connectivity index (χ2n) is 6.20. The Balaban J connectivity index is 2.10. The largest absolute Gasteiger partial charge is 0.380 e. The number of methoxy groups -OCH3 is 1. The molecule has 0 saturated carbocycles. The van der Waals surface area contributed by atoms with Crippen molar-refractivity contribution in [2.45, 2.75) is 32.9 Å². The third-order valence-corrected chi connectivity index (χ3v) is 3.74. The fourth-order valence-corrected chi connectivity index (χ4v) is 2.60. The number of hydrogen-bond donors (Lipinski definition) is 1. The molecule has 0 heterocycles. The molecular formula is C20H25NO2. The Morgan fingerprint density at radius 1 is 1.04 bits per heavy atom. The summed E-state index contributed by atoms with van der Waals surface area (Å²) >= 11 is 0. The molecule has 0 aliphatic heterocycles. The molecule has 3 nitrogen and oxygen atoms in total. The molecule has 1 amide bonds. The third kappa shape index (κ3) is 5.22. The van der Waals surface area contributed by atoms with Crippen LogP contribution in [-0.2, 0) is 11.3 Å². The summed E-state index contributed by atoms with van der Waals surface area (Å²) < 4.78 is 5.09. The Kier molecular flexibility index (Phi) is 6.36. The van der Waals surface area contributed by atoms with Crippen molar-refractivity contribution in [2.24, 2.45) is 5.92 Å². The third-order valence-electron chi connectivity index (χ3n) is 3.74. The first-order valence-electron chi connectivity index (χ1n) is 8.04. The zero-order valence-electron chi connectivity index (χ0n) is 14.1.